The lowest BCUT2D eigenvalue weighted by atomic mass is 9.93. The summed E-state index contributed by atoms with van der Waals surface area (Å²) < 4.78 is 0. The van der Waals surface area contributed by atoms with Gasteiger partial charge in [0.25, 0.3) is 0 Å². The van der Waals surface area contributed by atoms with E-state index < -0.39 is 0 Å². The van der Waals surface area contributed by atoms with Gasteiger partial charge in [0.05, 0.1) is 0 Å². The van der Waals surface area contributed by atoms with E-state index >= 15 is 0 Å². The number of piperidine rings is 1. The van der Waals surface area contributed by atoms with Gasteiger partial charge in [-0.1, -0.05) is 6.92 Å². The predicted molar refractivity (Wildman–Crippen MR) is 75.6 cm³/mol. The molecule has 0 amide bonds. The summed E-state index contributed by atoms with van der Waals surface area (Å²) in [6.45, 7) is 7.92. The molecular formula is C14H24N2S. The lowest BCUT2D eigenvalue weighted by molar-refractivity contribution is 0.304. The Labute approximate surface area is 109 Å². The van der Waals surface area contributed by atoms with Crippen LogP contribution in [0.25, 0.3) is 0 Å². The second-order valence-electron chi connectivity index (χ2n) is 5.10. The van der Waals surface area contributed by atoms with Gasteiger partial charge in [-0.2, -0.15) is 0 Å². The zero-order chi connectivity index (χ0) is 12.1. The minimum atomic E-state index is 0.698. The van der Waals surface area contributed by atoms with Crippen LogP contribution in [0.2, 0.25) is 0 Å². The van der Waals surface area contributed by atoms with Gasteiger partial charge in [-0.15, -0.1) is 11.3 Å². The van der Waals surface area contributed by atoms with E-state index in [2.05, 4.69) is 36.6 Å². The van der Waals surface area contributed by atoms with Crippen molar-refractivity contribution >= 4 is 11.3 Å². The van der Waals surface area contributed by atoms with Crippen LogP contribution in [0.3, 0.4) is 0 Å². The monoisotopic (exact) mass is 252 g/mol. The van der Waals surface area contributed by atoms with Crippen LogP contribution in [0, 0.1) is 5.92 Å². The van der Waals surface area contributed by atoms with Gasteiger partial charge >= 0.3 is 0 Å². The molecule has 0 radical (unpaired) electrons. The number of nitrogens with one attached hydrogen (secondary N) is 2. The highest BCUT2D eigenvalue weighted by molar-refractivity contribution is 7.11. The Morgan fingerprint density at radius 1 is 1.41 bits per heavy atom. The zero-order valence-corrected chi connectivity index (χ0v) is 11.8. The summed E-state index contributed by atoms with van der Waals surface area (Å²) in [6.07, 6.45) is 3.80. The molecule has 96 valence electrons. The van der Waals surface area contributed by atoms with Crippen molar-refractivity contribution in [1.29, 1.82) is 0 Å². The summed E-state index contributed by atoms with van der Waals surface area (Å²) >= 11 is 1.95. The van der Waals surface area contributed by atoms with E-state index in [0.29, 0.717) is 6.04 Å². The first-order chi connectivity index (χ1) is 8.28. The van der Waals surface area contributed by atoms with E-state index in [9.17, 15) is 0 Å². The fourth-order valence-corrected chi connectivity index (χ4v) is 3.45. The van der Waals surface area contributed by atoms with Crippen LogP contribution in [0.4, 0.5) is 0 Å². The molecule has 0 spiro atoms. The molecule has 3 heteroatoms. The number of hydrogen-bond donors (Lipinski definition) is 2. The molecule has 1 aromatic heterocycles. The van der Waals surface area contributed by atoms with Gasteiger partial charge in [0.15, 0.2) is 0 Å². The summed E-state index contributed by atoms with van der Waals surface area (Å²) in [5.74, 6) is 0.858. The third-order valence-corrected chi connectivity index (χ3v) is 4.76. The lowest BCUT2D eigenvalue weighted by Gasteiger charge is -2.28. The van der Waals surface area contributed by atoms with Crippen molar-refractivity contribution in [2.24, 2.45) is 5.92 Å². The van der Waals surface area contributed by atoms with Crippen molar-refractivity contribution in [1.82, 2.24) is 10.6 Å². The Hall–Kier alpha value is -0.380. The molecular weight excluding hydrogens is 228 g/mol. The summed E-state index contributed by atoms with van der Waals surface area (Å²) in [4.78, 5) is 2.97. The lowest BCUT2D eigenvalue weighted by Crippen LogP contribution is -2.39. The van der Waals surface area contributed by atoms with Crippen LogP contribution in [0.15, 0.2) is 12.1 Å². The molecule has 17 heavy (non-hydrogen) atoms. The van der Waals surface area contributed by atoms with Crippen LogP contribution in [-0.4, -0.2) is 19.1 Å². The molecule has 0 bridgehead atoms. The van der Waals surface area contributed by atoms with E-state index in [1.807, 2.05) is 11.3 Å². The highest BCUT2D eigenvalue weighted by Crippen LogP contribution is 2.18. The fraction of sp³-hybridized carbons (Fsp3) is 0.714. The van der Waals surface area contributed by atoms with E-state index in [1.165, 1.54) is 35.7 Å². The molecule has 1 aromatic rings. The van der Waals surface area contributed by atoms with Gasteiger partial charge in [-0.3, -0.25) is 0 Å². The van der Waals surface area contributed by atoms with Crippen molar-refractivity contribution in [2.45, 2.75) is 45.7 Å². The Morgan fingerprint density at radius 2 is 2.24 bits per heavy atom. The van der Waals surface area contributed by atoms with Crippen LogP contribution in [0.1, 0.15) is 36.4 Å². The van der Waals surface area contributed by atoms with Gasteiger partial charge in [0.2, 0.25) is 0 Å². The molecule has 2 nitrogen and oxygen atoms in total. The SMILES string of the molecule is CCc1ccc(CNCC2CCNC(C)C2)s1. The predicted octanol–water partition coefficient (Wildman–Crippen LogP) is 2.79. The number of aryl methyl sites for hydroxylation is 1. The Bertz CT molecular complexity index is 335. The topological polar surface area (TPSA) is 24.1 Å². The Balaban J connectivity index is 1.68. The maximum absolute atomic E-state index is 3.61. The summed E-state index contributed by atoms with van der Waals surface area (Å²) in [5, 5.41) is 7.12. The van der Waals surface area contributed by atoms with E-state index in [-0.39, 0.29) is 0 Å². The van der Waals surface area contributed by atoms with Crippen LogP contribution >= 0.6 is 11.3 Å². The average Bonchev–Trinajstić information content (AvgIpc) is 2.77. The highest BCUT2D eigenvalue weighted by atomic mass is 32.1. The van der Waals surface area contributed by atoms with Crippen molar-refractivity contribution in [3.8, 4) is 0 Å². The standard InChI is InChI=1S/C14H24N2S/c1-3-13-4-5-14(17-13)10-15-9-12-6-7-16-11(2)8-12/h4-5,11-12,15-16H,3,6-10H2,1-2H3. The maximum Gasteiger partial charge on any atom is 0.0299 e. The summed E-state index contributed by atoms with van der Waals surface area (Å²) in [5.41, 5.74) is 0. The fourth-order valence-electron chi connectivity index (χ4n) is 2.53. The largest absolute Gasteiger partial charge is 0.314 e. The maximum atomic E-state index is 3.61. The average molecular weight is 252 g/mol. The molecule has 0 aliphatic carbocycles. The van der Waals surface area contributed by atoms with Gasteiger partial charge in [-0.05, 0) is 57.3 Å². The van der Waals surface area contributed by atoms with Gasteiger partial charge in [0.1, 0.15) is 0 Å². The minimum Gasteiger partial charge on any atom is -0.314 e. The first-order valence-electron chi connectivity index (χ1n) is 6.79. The first-order valence-corrected chi connectivity index (χ1v) is 7.61. The molecule has 0 aromatic carbocycles. The molecule has 1 fully saturated rings. The summed E-state index contributed by atoms with van der Waals surface area (Å²) in [7, 11) is 0. The van der Waals surface area contributed by atoms with Crippen LogP contribution in [0.5, 0.6) is 0 Å². The molecule has 2 rings (SSSR count). The van der Waals surface area contributed by atoms with Crippen molar-refractivity contribution < 1.29 is 0 Å². The van der Waals surface area contributed by atoms with E-state index in [4.69, 9.17) is 0 Å². The molecule has 1 aliphatic rings. The van der Waals surface area contributed by atoms with Crippen LogP contribution < -0.4 is 10.6 Å². The third-order valence-electron chi connectivity index (χ3n) is 3.53. The number of hydrogen-bond acceptors (Lipinski definition) is 3. The molecule has 1 saturated heterocycles. The quantitative estimate of drug-likeness (QED) is 0.842. The Kier molecular flexibility index (Phi) is 5.01. The van der Waals surface area contributed by atoms with E-state index in [1.54, 1.807) is 0 Å². The second-order valence-corrected chi connectivity index (χ2v) is 6.35. The zero-order valence-electron chi connectivity index (χ0n) is 11.0. The van der Waals surface area contributed by atoms with Crippen molar-refractivity contribution in [2.75, 3.05) is 13.1 Å². The van der Waals surface area contributed by atoms with Crippen molar-refractivity contribution in [3.05, 3.63) is 21.9 Å². The number of thiophene rings is 1. The van der Waals surface area contributed by atoms with Crippen LogP contribution in [-0.2, 0) is 13.0 Å². The Morgan fingerprint density at radius 3 is 2.94 bits per heavy atom. The van der Waals surface area contributed by atoms with E-state index in [0.717, 1.165) is 18.9 Å². The minimum absolute atomic E-state index is 0.698. The third kappa shape index (κ3) is 4.09. The summed E-state index contributed by atoms with van der Waals surface area (Å²) in [6, 6.07) is 5.22. The molecule has 2 unspecified atom stereocenters. The van der Waals surface area contributed by atoms with Gasteiger partial charge in [-0.25, -0.2) is 0 Å². The molecule has 1 aliphatic heterocycles. The molecule has 2 atom stereocenters. The molecule has 2 heterocycles. The smallest absolute Gasteiger partial charge is 0.0299 e. The van der Waals surface area contributed by atoms with Gasteiger partial charge < -0.3 is 10.6 Å². The first kappa shape index (κ1) is 13.1. The normalized spacial score (nSPS) is 25.1. The molecule has 2 N–H and O–H groups in total. The second kappa shape index (κ2) is 6.53. The van der Waals surface area contributed by atoms with Gasteiger partial charge in [0, 0.05) is 22.3 Å². The van der Waals surface area contributed by atoms with Crippen molar-refractivity contribution in [3.63, 3.8) is 0 Å². The number of rotatable bonds is 5. The highest BCUT2D eigenvalue weighted by Gasteiger charge is 2.17. The molecule has 0 saturated carbocycles.